The molecule has 0 spiro atoms. The number of fused-ring (bicyclic) bond motifs is 2. The average Bonchev–Trinajstić information content (AvgIpc) is 3.46. The molecule has 4 aromatic rings. The molecule has 35 heavy (non-hydrogen) atoms. The summed E-state index contributed by atoms with van der Waals surface area (Å²) in [5, 5.41) is 8.57. The predicted octanol–water partition coefficient (Wildman–Crippen LogP) is 5.11. The Hall–Kier alpha value is -3.00. The van der Waals surface area contributed by atoms with Crippen molar-refractivity contribution in [2.75, 3.05) is 34.4 Å². The standard InChI is InChI=1S/C26H27ClN4O3.ClH/c1-30(2)8-9-31-14-22(25(32)18-10-17-11-19(27)5-7-24(17)34-15-18)20-6-4-16(12-23(20)31)21-13-28-29-26(21)33-3;/h4-7,11-14,18H,8-10,15H2,1-3H3,(H,28,29);1H/t18-;/m0./s1. The number of H-pyrrole nitrogens is 1. The molecule has 184 valence electrons. The summed E-state index contributed by atoms with van der Waals surface area (Å²) in [6, 6.07) is 11.7. The minimum Gasteiger partial charge on any atom is -0.493 e. The zero-order valence-electron chi connectivity index (χ0n) is 19.9. The van der Waals surface area contributed by atoms with Crippen molar-refractivity contribution in [2.45, 2.75) is 13.0 Å². The van der Waals surface area contributed by atoms with Crippen LogP contribution in [-0.4, -0.2) is 59.8 Å². The lowest BCUT2D eigenvalue weighted by Gasteiger charge is -2.24. The van der Waals surface area contributed by atoms with E-state index in [2.05, 4.69) is 25.7 Å². The van der Waals surface area contributed by atoms with Gasteiger partial charge in [-0.1, -0.05) is 23.7 Å². The molecule has 2 aromatic heterocycles. The van der Waals surface area contributed by atoms with Crippen LogP contribution in [0, 0.1) is 5.92 Å². The molecular formula is C26H28Cl2N4O3. The molecule has 0 unspecified atom stereocenters. The van der Waals surface area contributed by atoms with Crippen molar-refractivity contribution in [3.8, 4) is 22.8 Å². The summed E-state index contributed by atoms with van der Waals surface area (Å²) < 4.78 is 13.5. The van der Waals surface area contributed by atoms with Crippen molar-refractivity contribution < 1.29 is 14.3 Å². The number of Topliss-reactive ketones (excluding diaryl/α,β-unsaturated/α-hetero) is 1. The van der Waals surface area contributed by atoms with Gasteiger partial charge in [-0.15, -0.1) is 12.4 Å². The maximum atomic E-state index is 13.7. The third-order valence-corrected chi connectivity index (χ3v) is 6.59. The van der Waals surface area contributed by atoms with Gasteiger partial charge in [-0.2, -0.15) is 5.10 Å². The second-order valence-electron chi connectivity index (χ2n) is 8.92. The van der Waals surface area contributed by atoms with Crippen molar-refractivity contribution in [3.05, 3.63) is 64.9 Å². The van der Waals surface area contributed by atoms with Crippen LogP contribution >= 0.6 is 24.0 Å². The van der Waals surface area contributed by atoms with Gasteiger partial charge in [0.05, 0.1) is 31.4 Å². The van der Waals surface area contributed by atoms with Crippen LogP contribution in [0.2, 0.25) is 5.02 Å². The van der Waals surface area contributed by atoms with E-state index in [0.29, 0.717) is 23.9 Å². The number of carbonyl (C=O) groups excluding carboxylic acids is 1. The van der Waals surface area contributed by atoms with Gasteiger partial charge >= 0.3 is 0 Å². The SMILES string of the molecule is COc1[nH]ncc1-c1ccc2c(C(=O)[C@@H]3COc4ccc(Cl)cc4C3)cn(CCN(C)C)c2c1.Cl. The lowest BCUT2D eigenvalue weighted by atomic mass is 9.89. The van der Waals surface area contributed by atoms with E-state index in [1.54, 1.807) is 13.3 Å². The molecular weight excluding hydrogens is 487 g/mol. The molecule has 7 nitrogen and oxygen atoms in total. The summed E-state index contributed by atoms with van der Waals surface area (Å²) in [6.07, 6.45) is 4.35. The molecule has 1 N–H and O–H groups in total. The molecule has 2 aromatic carbocycles. The van der Waals surface area contributed by atoms with Gasteiger partial charge in [-0.05, 0) is 55.9 Å². The van der Waals surface area contributed by atoms with Crippen LogP contribution in [0.1, 0.15) is 15.9 Å². The van der Waals surface area contributed by atoms with E-state index in [0.717, 1.165) is 52.0 Å². The van der Waals surface area contributed by atoms with Gasteiger partial charge in [0, 0.05) is 40.8 Å². The summed E-state index contributed by atoms with van der Waals surface area (Å²) in [5.41, 5.74) is 4.56. The minimum absolute atomic E-state index is 0. The monoisotopic (exact) mass is 514 g/mol. The molecule has 9 heteroatoms. The normalized spacial score (nSPS) is 14.9. The Kier molecular flexibility index (Phi) is 7.40. The Morgan fingerprint density at radius 2 is 2.11 bits per heavy atom. The number of carbonyl (C=O) groups is 1. The molecule has 0 fully saturated rings. The molecule has 0 amide bonds. The zero-order chi connectivity index (χ0) is 23.8. The molecule has 0 saturated carbocycles. The van der Waals surface area contributed by atoms with Gasteiger partial charge in [0.2, 0.25) is 5.88 Å². The maximum Gasteiger partial charge on any atom is 0.216 e. The number of aromatic amines is 1. The first-order valence-electron chi connectivity index (χ1n) is 11.3. The van der Waals surface area contributed by atoms with Crippen LogP contribution in [0.5, 0.6) is 11.6 Å². The van der Waals surface area contributed by atoms with E-state index in [9.17, 15) is 4.79 Å². The van der Waals surface area contributed by atoms with Gasteiger partial charge < -0.3 is 18.9 Å². The molecule has 0 saturated heterocycles. The summed E-state index contributed by atoms with van der Waals surface area (Å²) in [5.74, 6) is 1.25. The number of hydrogen-bond acceptors (Lipinski definition) is 5. The molecule has 3 heterocycles. The Balaban J connectivity index is 0.00000289. The van der Waals surface area contributed by atoms with Crippen LogP contribution in [0.25, 0.3) is 22.0 Å². The molecule has 0 bridgehead atoms. The highest BCUT2D eigenvalue weighted by Gasteiger charge is 2.29. The number of rotatable bonds is 7. The summed E-state index contributed by atoms with van der Waals surface area (Å²) in [7, 11) is 5.70. The van der Waals surface area contributed by atoms with E-state index >= 15 is 0 Å². The highest BCUT2D eigenvalue weighted by atomic mass is 35.5. The number of methoxy groups -OCH3 is 1. The van der Waals surface area contributed by atoms with Gasteiger partial charge in [0.1, 0.15) is 5.75 Å². The topological polar surface area (TPSA) is 72.4 Å². The number of hydrogen-bond donors (Lipinski definition) is 1. The number of benzene rings is 2. The first-order chi connectivity index (χ1) is 16.4. The van der Waals surface area contributed by atoms with Crippen molar-refractivity contribution in [1.82, 2.24) is 19.7 Å². The van der Waals surface area contributed by atoms with Crippen molar-refractivity contribution in [2.24, 2.45) is 5.92 Å². The van der Waals surface area contributed by atoms with E-state index in [1.165, 1.54) is 0 Å². The molecule has 5 rings (SSSR count). The third kappa shape index (κ3) is 4.89. The Bertz CT molecular complexity index is 1360. The number of nitrogens with zero attached hydrogens (tertiary/aromatic N) is 3. The van der Waals surface area contributed by atoms with Crippen LogP contribution in [0.3, 0.4) is 0 Å². The number of ether oxygens (including phenoxy) is 2. The molecule has 1 aliphatic rings. The minimum atomic E-state index is -0.257. The highest BCUT2D eigenvalue weighted by Crippen LogP contribution is 2.35. The lowest BCUT2D eigenvalue weighted by molar-refractivity contribution is 0.0856. The van der Waals surface area contributed by atoms with Gasteiger partial charge in [-0.3, -0.25) is 4.79 Å². The molecule has 0 aliphatic carbocycles. The smallest absolute Gasteiger partial charge is 0.216 e. The number of ketones is 1. The quantitative estimate of drug-likeness (QED) is 0.347. The number of likely N-dealkylation sites (N-methyl/N-ethyl adjacent to an activating group) is 1. The van der Waals surface area contributed by atoms with Gasteiger partial charge in [-0.25, -0.2) is 5.10 Å². The van der Waals surface area contributed by atoms with Gasteiger partial charge in [0.25, 0.3) is 0 Å². The lowest BCUT2D eigenvalue weighted by Crippen LogP contribution is -2.28. The van der Waals surface area contributed by atoms with E-state index in [1.807, 2.05) is 50.6 Å². The number of halogens is 2. The second kappa shape index (κ2) is 10.3. The number of nitrogens with one attached hydrogen (secondary N) is 1. The Morgan fingerprint density at radius 1 is 1.29 bits per heavy atom. The van der Waals surface area contributed by atoms with Crippen molar-refractivity contribution in [3.63, 3.8) is 0 Å². The molecule has 1 atom stereocenters. The summed E-state index contributed by atoms with van der Waals surface area (Å²) >= 11 is 6.18. The fourth-order valence-electron chi connectivity index (χ4n) is 4.54. The van der Waals surface area contributed by atoms with Gasteiger partial charge in [0.15, 0.2) is 5.78 Å². The van der Waals surface area contributed by atoms with E-state index < -0.39 is 0 Å². The average molecular weight is 515 g/mol. The van der Waals surface area contributed by atoms with Crippen molar-refractivity contribution >= 4 is 40.7 Å². The highest BCUT2D eigenvalue weighted by molar-refractivity contribution is 6.30. The van der Waals surface area contributed by atoms with Crippen molar-refractivity contribution in [1.29, 1.82) is 0 Å². The van der Waals surface area contributed by atoms with Crippen LogP contribution < -0.4 is 9.47 Å². The number of aromatic nitrogens is 3. The Labute approximate surface area is 215 Å². The summed E-state index contributed by atoms with van der Waals surface area (Å²) in [6.45, 7) is 1.99. The second-order valence-corrected chi connectivity index (χ2v) is 9.35. The first-order valence-corrected chi connectivity index (χ1v) is 11.6. The fraction of sp³-hybridized carbons (Fsp3) is 0.308. The predicted molar refractivity (Wildman–Crippen MR) is 140 cm³/mol. The first kappa shape index (κ1) is 25.1. The Morgan fingerprint density at radius 3 is 2.89 bits per heavy atom. The van der Waals surface area contributed by atoms with Crippen LogP contribution in [-0.2, 0) is 13.0 Å². The maximum absolute atomic E-state index is 13.7. The van der Waals surface area contributed by atoms with Crippen LogP contribution in [0.15, 0.2) is 48.8 Å². The molecule has 1 aliphatic heterocycles. The fourth-order valence-corrected chi connectivity index (χ4v) is 4.73. The van der Waals surface area contributed by atoms with E-state index in [4.69, 9.17) is 21.1 Å². The van der Waals surface area contributed by atoms with Crippen LogP contribution in [0.4, 0.5) is 0 Å². The summed E-state index contributed by atoms with van der Waals surface area (Å²) in [4.78, 5) is 15.8. The zero-order valence-corrected chi connectivity index (χ0v) is 21.4. The van der Waals surface area contributed by atoms with E-state index in [-0.39, 0.29) is 24.1 Å². The molecule has 0 radical (unpaired) electrons. The third-order valence-electron chi connectivity index (χ3n) is 6.36. The largest absolute Gasteiger partial charge is 0.493 e.